The maximum absolute atomic E-state index is 12.8. The van der Waals surface area contributed by atoms with Crippen LogP contribution in [0.15, 0.2) is 0 Å². The number of carbonyl (C=O) groups excluding carboxylic acids is 1. The number of rotatable bonds is 1. The summed E-state index contributed by atoms with van der Waals surface area (Å²) in [6, 6.07) is 0. The highest BCUT2D eigenvalue weighted by molar-refractivity contribution is 5.68. The van der Waals surface area contributed by atoms with Gasteiger partial charge in [0.1, 0.15) is 5.60 Å². The highest BCUT2D eigenvalue weighted by Crippen LogP contribution is 2.32. The summed E-state index contributed by atoms with van der Waals surface area (Å²) in [5.41, 5.74) is 0.0941. The molecule has 0 bridgehead atoms. The van der Waals surface area contributed by atoms with Crippen LogP contribution in [0.2, 0.25) is 0 Å². The molecule has 1 saturated carbocycles. The smallest absolute Gasteiger partial charge is 0.410 e. The van der Waals surface area contributed by atoms with Crippen molar-refractivity contribution in [3.05, 3.63) is 0 Å². The third kappa shape index (κ3) is 6.64. The van der Waals surface area contributed by atoms with Gasteiger partial charge in [-0.25, -0.2) is 4.79 Å². The first-order valence-electron chi connectivity index (χ1n) is 10.4. The van der Waals surface area contributed by atoms with Crippen LogP contribution in [-0.2, 0) is 4.74 Å². The van der Waals surface area contributed by atoms with Gasteiger partial charge in [0.15, 0.2) is 0 Å². The summed E-state index contributed by atoms with van der Waals surface area (Å²) in [6.07, 6.45) is 15.7. The maximum atomic E-state index is 12.8. The van der Waals surface area contributed by atoms with Crippen LogP contribution < -0.4 is 0 Å². The summed E-state index contributed by atoms with van der Waals surface area (Å²) in [4.78, 5) is 14.7. The number of hydrogen-bond acceptors (Lipinski definition) is 2. The minimum atomic E-state index is -0.261. The zero-order chi connectivity index (χ0) is 17.5. The molecule has 0 atom stereocenters. The van der Waals surface area contributed by atoms with E-state index in [9.17, 15) is 4.79 Å². The van der Waals surface area contributed by atoms with Crippen molar-refractivity contribution in [3.8, 4) is 0 Å². The van der Waals surface area contributed by atoms with E-state index in [-0.39, 0.29) is 11.7 Å². The van der Waals surface area contributed by atoms with Gasteiger partial charge in [-0.2, -0.15) is 0 Å². The molecule has 2 fully saturated rings. The Balaban J connectivity index is 1.90. The number of likely N-dealkylation sites (tertiary alicyclic amines) is 1. The third-order valence-corrected chi connectivity index (χ3v) is 6.09. The molecule has 140 valence electrons. The van der Waals surface area contributed by atoms with Crippen LogP contribution in [0.1, 0.15) is 104 Å². The lowest BCUT2D eigenvalue weighted by molar-refractivity contribution is -0.0115. The quantitative estimate of drug-likeness (QED) is 0.561. The van der Waals surface area contributed by atoms with Gasteiger partial charge in [-0.1, -0.05) is 52.4 Å². The topological polar surface area (TPSA) is 29.5 Å². The normalized spacial score (nSPS) is 26.0. The van der Waals surface area contributed by atoms with E-state index in [2.05, 4.69) is 20.8 Å². The minimum Gasteiger partial charge on any atom is -0.443 e. The van der Waals surface area contributed by atoms with E-state index in [1.165, 1.54) is 57.8 Å². The molecule has 2 rings (SSSR count). The summed E-state index contributed by atoms with van der Waals surface area (Å²) in [5, 5.41) is 0. The summed E-state index contributed by atoms with van der Waals surface area (Å²) >= 11 is 0. The monoisotopic (exact) mass is 337 g/mol. The number of amides is 1. The molecule has 2 aliphatic rings. The highest BCUT2D eigenvalue weighted by Gasteiger charge is 2.32. The van der Waals surface area contributed by atoms with Gasteiger partial charge in [-0.3, -0.25) is 0 Å². The molecule has 0 aromatic carbocycles. The molecule has 1 aliphatic carbocycles. The molecule has 0 spiro atoms. The molecular weight excluding hydrogens is 298 g/mol. The second-order valence-corrected chi connectivity index (χ2v) is 9.15. The number of hydrogen-bond donors (Lipinski definition) is 0. The summed E-state index contributed by atoms with van der Waals surface area (Å²) in [6.45, 7) is 8.51. The molecule has 0 unspecified atom stereocenters. The summed E-state index contributed by atoms with van der Waals surface area (Å²) < 4.78 is 6.10. The molecule has 1 heterocycles. The van der Waals surface area contributed by atoms with Crippen molar-refractivity contribution in [2.45, 2.75) is 110 Å². The Morgan fingerprint density at radius 3 is 1.83 bits per heavy atom. The SMILES string of the molecule is CC1(C)CCCN(C(=O)OC2(C)CCCCCCCCCC2)CC1. The Hall–Kier alpha value is -0.730. The molecule has 0 aromatic heterocycles. The summed E-state index contributed by atoms with van der Waals surface area (Å²) in [7, 11) is 0. The predicted octanol–water partition coefficient (Wildman–Crippen LogP) is 6.31. The first kappa shape index (κ1) is 19.6. The van der Waals surface area contributed by atoms with Gasteiger partial charge < -0.3 is 9.64 Å². The lowest BCUT2D eigenvalue weighted by Gasteiger charge is -2.33. The molecule has 1 saturated heterocycles. The van der Waals surface area contributed by atoms with Crippen LogP contribution in [0.4, 0.5) is 4.79 Å². The minimum absolute atomic E-state index is 0.0647. The molecule has 0 radical (unpaired) electrons. The number of nitrogens with zero attached hydrogens (tertiary/aromatic N) is 1. The lowest BCUT2D eigenvalue weighted by atomic mass is 9.85. The molecule has 1 amide bonds. The van der Waals surface area contributed by atoms with Gasteiger partial charge >= 0.3 is 6.09 Å². The van der Waals surface area contributed by atoms with E-state index in [0.717, 1.165) is 38.8 Å². The van der Waals surface area contributed by atoms with Crippen molar-refractivity contribution in [1.29, 1.82) is 0 Å². The van der Waals surface area contributed by atoms with E-state index in [1.807, 2.05) is 4.90 Å². The Kier molecular flexibility index (Phi) is 7.43. The highest BCUT2D eigenvalue weighted by atomic mass is 16.6. The van der Waals surface area contributed by atoms with Gasteiger partial charge in [-0.05, 0) is 57.3 Å². The standard InChI is InChI=1S/C21H39NO2/c1-20(2)13-12-17-22(18-16-20)19(23)24-21(3)14-10-8-6-4-5-7-9-11-15-21/h4-18H2,1-3H3. The van der Waals surface area contributed by atoms with Crippen molar-refractivity contribution < 1.29 is 9.53 Å². The molecular formula is C21H39NO2. The molecule has 3 nitrogen and oxygen atoms in total. The Labute approximate surface area is 149 Å². The van der Waals surface area contributed by atoms with Gasteiger partial charge in [0.2, 0.25) is 0 Å². The molecule has 1 aliphatic heterocycles. The van der Waals surface area contributed by atoms with Crippen molar-refractivity contribution in [2.24, 2.45) is 5.41 Å². The van der Waals surface area contributed by atoms with E-state index in [0.29, 0.717) is 5.41 Å². The second kappa shape index (κ2) is 9.10. The van der Waals surface area contributed by atoms with Gasteiger partial charge in [0.25, 0.3) is 0 Å². The zero-order valence-corrected chi connectivity index (χ0v) is 16.4. The van der Waals surface area contributed by atoms with Crippen LogP contribution >= 0.6 is 0 Å². The van der Waals surface area contributed by atoms with E-state index >= 15 is 0 Å². The Bertz CT molecular complexity index is 379. The van der Waals surface area contributed by atoms with Crippen molar-refractivity contribution in [3.63, 3.8) is 0 Å². The van der Waals surface area contributed by atoms with Crippen LogP contribution in [-0.4, -0.2) is 29.7 Å². The van der Waals surface area contributed by atoms with Crippen LogP contribution in [0.5, 0.6) is 0 Å². The summed E-state index contributed by atoms with van der Waals surface area (Å²) in [5.74, 6) is 0. The Morgan fingerprint density at radius 1 is 0.708 bits per heavy atom. The average molecular weight is 338 g/mol. The van der Waals surface area contributed by atoms with Crippen molar-refractivity contribution >= 4 is 6.09 Å². The van der Waals surface area contributed by atoms with Crippen LogP contribution in [0, 0.1) is 5.41 Å². The number of carbonyl (C=O) groups is 1. The average Bonchev–Trinajstić information content (AvgIpc) is 2.71. The van der Waals surface area contributed by atoms with Crippen LogP contribution in [0.3, 0.4) is 0 Å². The molecule has 3 heteroatoms. The predicted molar refractivity (Wildman–Crippen MR) is 100 cm³/mol. The lowest BCUT2D eigenvalue weighted by Crippen LogP contribution is -2.40. The molecule has 24 heavy (non-hydrogen) atoms. The molecule has 0 N–H and O–H groups in total. The zero-order valence-electron chi connectivity index (χ0n) is 16.4. The van der Waals surface area contributed by atoms with Crippen LogP contribution in [0.25, 0.3) is 0 Å². The number of ether oxygens (including phenoxy) is 1. The van der Waals surface area contributed by atoms with E-state index in [4.69, 9.17) is 4.74 Å². The van der Waals surface area contributed by atoms with Crippen molar-refractivity contribution in [2.75, 3.05) is 13.1 Å². The molecule has 0 aromatic rings. The van der Waals surface area contributed by atoms with Gasteiger partial charge in [0, 0.05) is 13.1 Å². The first-order valence-corrected chi connectivity index (χ1v) is 10.4. The van der Waals surface area contributed by atoms with E-state index < -0.39 is 0 Å². The largest absolute Gasteiger partial charge is 0.443 e. The third-order valence-electron chi connectivity index (χ3n) is 6.09. The van der Waals surface area contributed by atoms with Gasteiger partial charge in [0.05, 0.1) is 0 Å². The maximum Gasteiger partial charge on any atom is 0.410 e. The van der Waals surface area contributed by atoms with Crippen molar-refractivity contribution in [1.82, 2.24) is 4.90 Å². The first-order chi connectivity index (χ1) is 11.4. The fourth-order valence-corrected chi connectivity index (χ4v) is 4.17. The second-order valence-electron chi connectivity index (χ2n) is 9.15. The van der Waals surface area contributed by atoms with Gasteiger partial charge in [-0.15, -0.1) is 0 Å². The van der Waals surface area contributed by atoms with E-state index in [1.54, 1.807) is 0 Å². The fraction of sp³-hybridized carbons (Fsp3) is 0.952. The Morgan fingerprint density at radius 2 is 1.25 bits per heavy atom. The fourth-order valence-electron chi connectivity index (χ4n) is 4.17.